The number of nitrogens with zero attached hydrogens (tertiary/aromatic N) is 1. The summed E-state index contributed by atoms with van der Waals surface area (Å²) in [4.78, 5) is 15.5. The number of aromatic nitrogens is 1. The summed E-state index contributed by atoms with van der Waals surface area (Å²) in [5.74, 6) is 0.606. The Morgan fingerprint density at radius 1 is 1.44 bits per heavy atom. The molecule has 0 aliphatic heterocycles. The number of ether oxygens (including phenoxy) is 2. The van der Waals surface area contributed by atoms with E-state index in [4.69, 9.17) is 9.47 Å². The molecule has 1 aromatic heterocycles. The predicted octanol–water partition coefficient (Wildman–Crippen LogP) is 1.80. The highest BCUT2D eigenvalue weighted by atomic mass is 16.5. The van der Waals surface area contributed by atoms with E-state index in [9.17, 15) is 4.79 Å². The van der Waals surface area contributed by atoms with Gasteiger partial charge in [-0.25, -0.2) is 0 Å². The number of rotatable bonds is 5. The number of hydrogen-bond acceptors (Lipinski definition) is 4. The highest BCUT2D eigenvalue weighted by molar-refractivity contribution is 5.80. The molecule has 0 atom stereocenters. The normalized spacial score (nSPS) is 16.6. The zero-order valence-corrected chi connectivity index (χ0v) is 9.31. The lowest BCUT2D eigenvalue weighted by Crippen LogP contribution is -2.25. The van der Waals surface area contributed by atoms with E-state index in [0.29, 0.717) is 13.2 Å². The van der Waals surface area contributed by atoms with E-state index in [1.807, 2.05) is 6.92 Å². The van der Waals surface area contributed by atoms with Gasteiger partial charge in [0.05, 0.1) is 6.61 Å². The summed E-state index contributed by atoms with van der Waals surface area (Å²) in [6.07, 6.45) is 5.05. The average Bonchev–Trinajstić information content (AvgIpc) is 3.09. The standard InChI is InChI=1S/C12H15NO3/c1-2-15-11(14)12(5-6-12)9-16-10-3-7-13-8-4-10/h3-4,7-8H,2,5-6,9H2,1H3. The van der Waals surface area contributed by atoms with E-state index in [1.54, 1.807) is 24.5 Å². The van der Waals surface area contributed by atoms with Crippen LogP contribution in [0, 0.1) is 5.41 Å². The Labute approximate surface area is 94.6 Å². The smallest absolute Gasteiger partial charge is 0.315 e. The third kappa shape index (κ3) is 2.32. The zero-order valence-electron chi connectivity index (χ0n) is 9.31. The summed E-state index contributed by atoms with van der Waals surface area (Å²) in [6, 6.07) is 3.56. The van der Waals surface area contributed by atoms with Crippen molar-refractivity contribution >= 4 is 5.97 Å². The molecule has 4 heteroatoms. The monoisotopic (exact) mass is 221 g/mol. The molecule has 0 unspecified atom stereocenters. The van der Waals surface area contributed by atoms with E-state index in [0.717, 1.165) is 18.6 Å². The average molecular weight is 221 g/mol. The molecule has 0 radical (unpaired) electrons. The third-order valence-electron chi connectivity index (χ3n) is 2.73. The first-order valence-corrected chi connectivity index (χ1v) is 5.47. The zero-order chi connectivity index (χ0) is 11.4. The van der Waals surface area contributed by atoms with Gasteiger partial charge in [0.15, 0.2) is 0 Å². The van der Waals surface area contributed by atoms with Crippen LogP contribution in [0.5, 0.6) is 5.75 Å². The number of pyridine rings is 1. The van der Waals surface area contributed by atoms with E-state index in [2.05, 4.69) is 4.98 Å². The van der Waals surface area contributed by atoms with Crippen LogP contribution in [-0.2, 0) is 9.53 Å². The van der Waals surface area contributed by atoms with Crippen molar-refractivity contribution in [2.45, 2.75) is 19.8 Å². The van der Waals surface area contributed by atoms with Gasteiger partial charge in [0.25, 0.3) is 0 Å². The molecule has 1 aliphatic rings. The molecule has 0 amide bonds. The Balaban J connectivity index is 1.88. The van der Waals surface area contributed by atoms with Crippen molar-refractivity contribution in [2.24, 2.45) is 5.41 Å². The molecular weight excluding hydrogens is 206 g/mol. The van der Waals surface area contributed by atoms with Crippen LogP contribution in [0.4, 0.5) is 0 Å². The summed E-state index contributed by atoms with van der Waals surface area (Å²) in [7, 11) is 0. The second-order valence-electron chi connectivity index (χ2n) is 3.97. The second-order valence-corrected chi connectivity index (χ2v) is 3.97. The number of esters is 1. The van der Waals surface area contributed by atoms with E-state index in [1.165, 1.54) is 0 Å². The molecule has 4 nitrogen and oxygen atoms in total. The number of carbonyl (C=O) groups excluding carboxylic acids is 1. The van der Waals surface area contributed by atoms with Crippen LogP contribution in [0.1, 0.15) is 19.8 Å². The van der Waals surface area contributed by atoms with Crippen LogP contribution in [0.25, 0.3) is 0 Å². The first kappa shape index (κ1) is 10.9. The van der Waals surface area contributed by atoms with Crippen molar-refractivity contribution < 1.29 is 14.3 Å². The molecule has 0 N–H and O–H groups in total. The fourth-order valence-electron chi connectivity index (χ4n) is 1.50. The fourth-order valence-corrected chi connectivity index (χ4v) is 1.50. The highest BCUT2D eigenvalue weighted by Gasteiger charge is 2.52. The molecule has 1 saturated carbocycles. The summed E-state index contributed by atoms with van der Waals surface area (Å²) in [6.45, 7) is 2.64. The van der Waals surface area contributed by atoms with Crippen LogP contribution in [0.3, 0.4) is 0 Å². The van der Waals surface area contributed by atoms with Crippen molar-refractivity contribution in [2.75, 3.05) is 13.2 Å². The Morgan fingerprint density at radius 3 is 2.69 bits per heavy atom. The summed E-state index contributed by atoms with van der Waals surface area (Å²) in [5, 5.41) is 0. The van der Waals surface area contributed by atoms with Crippen LogP contribution in [-0.4, -0.2) is 24.2 Å². The molecular formula is C12H15NO3. The van der Waals surface area contributed by atoms with Crippen LogP contribution in [0.15, 0.2) is 24.5 Å². The molecule has 1 fully saturated rings. The van der Waals surface area contributed by atoms with Gasteiger partial charge in [-0.2, -0.15) is 0 Å². The van der Waals surface area contributed by atoms with Gasteiger partial charge in [-0.05, 0) is 31.9 Å². The van der Waals surface area contributed by atoms with Gasteiger partial charge < -0.3 is 9.47 Å². The lowest BCUT2D eigenvalue weighted by molar-refractivity contribution is -0.150. The second kappa shape index (κ2) is 4.51. The number of hydrogen-bond donors (Lipinski definition) is 0. The Bertz CT molecular complexity index is 360. The van der Waals surface area contributed by atoms with E-state index in [-0.39, 0.29) is 11.4 Å². The van der Waals surface area contributed by atoms with Crippen molar-refractivity contribution in [1.29, 1.82) is 0 Å². The van der Waals surface area contributed by atoms with Crippen molar-refractivity contribution in [1.82, 2.24) is 4.98 Å². The van der Waals surface area contributed by atoms with Gasteiger partial charge >= 0.3 is 5.97 Å². The first-order valence-electron chi connectivity index (χ1n) is 5.47. The maximum Gasteiger partial charge on any atom is 0.315 e. The molecule has 2 rings (SSSR count). The Morgan fingerprint density at radius 2 is 2.12 bits per heavy atom. The molecule has 86 valence electrons. The number of carbonyl (C=O) groups is 1. The highest BCUT2D eigenvalue weighted by Crippen LogP contribution is 2.47. The van der Waals surface area contributed by atoms with Crippen LogP contribution in [0.2, 0.25) is 0 Å². The van der Waals surface area contributed by atoms with E-state index >= 15 is 0 Å². The topological polar surface area (TPSA) is 48.4 Å². The molecule has 1 aliphatic carbocycles. The minimum Gasteiger partial charge on any atom is -0.492 e. The summed E-state index contributed by atoms with van der Waals surface area (Å²) >= 11 is 0. The SMILES string of the molecule is CCOC(=O)C1(COc2ccncc2)CC1. The van der Waals surface area contributed by atoms with Gasteiger partial charge in [-0.1, -0.05) is 0 Å². The van der Waals surface area contributed by atoms with Crippen LogP contribution >= 0.6 is 0 Å². The van der Waals surface area contributed by atoms with Crippen molar-refractivity contribution in [3.63, 3.8) is 0 Å². The molecule has 0 spiro atoms. The minimum absolute atomic E-state index is 0.135. The quantitative estimate of drug-likeness (QED) is 0.711. The minimum atomic E-state index is -0.390. The van der Waals surface area contributed by atoms with Gasteiger partial charge in [-0.3, -0.25) is 9.78 Å². The lowest BCUT2D eigenvalue weighted by atomic mass is 10.1. The molecule has 1 aromatic rings. The Hall–Kier alpha value is -1.58. The predicted molar refractivity (Wildman–Crippen MR) is 58.0 cm³/mol. The van der Waals surface area contributed by atoms with Crippen molar-refractivity contribution in [3.05, 3.63) is 24.5 Å². The lowest BCUT2D eigenvalue weighted by Gasteiger charge is -2.14. The molecule has 1 heterocycles. The van der Waals surface area contributed by atoms with Gasteiger partial charge in [0.2, 0.25) is 0 Å². The van der Waals surface area contributed by atoms with Gasteiger partial charge in [-0.15, -0.1) is 0 Å². The summed E-state index contributed by atoms with van der Waals surface area (Å²) in [5.41, 5.74) is -0.390. The Kier molecular flexibility index (Phi) is 3.08. The van der Waals surface area contributed by atoms with Crippen LogP contribution < -0.4 is 4.74 Å². The largest absolute Gasteiger partial charge is 0.492 e. The van der Waals surface area contributed by atoms with Gasteiger partial charge in [0, 0.05) is 12.4 Å². The van der Waals surface area contributed by atoms with Gasteiger partial charge in [0.1, 0.15) is 17.8 Å². The molecule has 0 aromatic carbocycles. The van der Waals surface area contributed by atoms with Crippen molar-refractivity contribution in [3.8, 4) is 5.75 Å². The molecule has 0 bridgehead atoms. The fraction of sp³-hybridized carbons (Fsp3) is 0.500. The maximum absolute atomic E-state index is 11.6. The van der Waals surface area contributed by atoms with E-state index < -0.39 is 0 Å². The maximum atomic E-state index is 11.6. The first-order chi connectivity index (χ1) is 7.77. The molecule has 0 saturated heterocycles. The third-order valence-corrected chi connectivity index (χ3v) is 2.73. The molecule has 16 heavy (non-hydrogen) atoms. The summed E-state index contributed by atoms with van der Waals surface area (Å²) < 4.78 is 10.6.